The van der Waals surface area contributed by atoms with Crippen molar-refractivity contribution in [1.82, 2.24) is 0 Å². The maximum Gasteiger partial charge on any atom is 0.374 e. The second kappa shape index (κ2) is 4.97. The van der Waals surface area contributed by atoms with Gasteiger partial charge in [-0.1, -0.05) is 6.92 Å². The van der Waals surface area contributed by atoms with E-state index < -0.39 is 27.3 Å². The Labute approximate surface area is 81.9 Å². The molecule has 0 rings (SSSR count). The molecule has 6 nitrogen and oxygen atoms in total. The van der Waals surface area contributed by atoms with E-state index in [0.29, 0.717) is 0 Å². The van der Waals surface area contributed by atoms with Crippen molar-refractivity contribution in [2.45, 2.75) is 25.7 Å². The Balaban J connectivity index is 4.59. The number of hydrogen-bond acceptors (Lipinski definition) is 5. The molecule has 0 saturated heterocycles. The first-order chi connectivity index (χ1) is 6.32. The fourth-order valence-electron chi connectivity index (χ4n) is 0.652. The van der Waals surface area contributed by atoms with Crippen LogP contribution >= 0.6 is 0 Å². The summed E-state index contributed by atoms with van der Waals surface area (Å²) in [6.07, 6.45) is 0.959. The fraction of sp³-hybridized carbons (Fsp3) is 0.571. The largest absolute Gasteiger partial charge is 0.502 e. The summed E-state index contributed by atoms with van der Waals surface area (Å²) >= 11 is 0. The van der Waals surface area contributed by atoms with Crippen molar-refractivity contribution in [2.75, 3.05) is 0 Å². The van der Waals surface area contributed by atoms with Crippen molar-refractivity contribution in [3.8, 4) is 0 Å². The van der Waals surface area contributed by atoms with Gasteiger partial charge < -0.3 is 9.84 Å². The average Bonchev–Trinajstić information content (AvgIpc) is 2.10. The van der Waals surface area contributed by atoms with Gasteiger partial charge in [-0.2, -0.15) is 8.42 Å². The molecule has 0 saturated carbocycles. The highest BCUT2D eigenvalue weighted by Gasteiger charge is 2.26. The van der Waals surface area contributed by atoms with Crippen LogP contribution in [-0.4, -0.2) is 29.5 Å². The van der Waals surface area contributed by atoms with Crippen LogP contribution in [0.25, 0.3) is 0 Å². The monoisotopic (exact) mass is 224 g/mol. The fourth-order valence-corrected chi connectivity index (χ4v) is 1.28. The first-order valence-corrected chi connectivity index (χ1v) is 5.35. The molecule has 0 aliphatic rings. The Bertz CT molecular complexity index is 328. The lowest BCUT2D eigenvalue weighted by atomic mass is 10.4. The number of esters is 1. The third-order valence-electron chi connectivity index (χ3n) is 1.39. The average molecular weight is 224 g/mol. The SMILES string of the molecule is CC=C(O)C(=O)OC(CC)S(=O)(=O)O. The number of rotatable bonds is 4. The number of aliphatic hydroxyl groups is 1. The summed E-state index contributed by atoms with van der Waals surface area (Å²) in [5, 5.41) is 8.85. The molecule has 1 unspecified atom stereocenters. The van der Waals surface area contributed by atoms with Crippen LogP contribution in [0.5, 0.6) is 0 Å². The van der Waals surface area contributed by atoms with Gasteiger partial charge in [-0.25, -0.2) is 4.79 Å². The molecule has 0 aliphatic heterocycles. The van der Waals surface area contributed by atoms with Crippen LogP contribution in [0, 0.1) is 0 Å². The van der Waals surface area contributed by atoms with E-state index in [0.717, 1.165) is 6.08 Å². The molecule has 0 heterocycles. The van der Waals surface area contributed by atoms with Crippen LogP contribution in [0.1, 0.15) is 20.3 Å². The molecule has 0 radical (unpaired) electrons. The lowest BCUT2D eigenvalue weighted by Crippen LogP contribution is -2.26. The summed E-state index contributed by atoms with van der Waals surface area (Å²) in [5.74, 6) is -1.89. The van der Waals surface area contributed by atoms with E-state index >= 15 is 0 Å². The summed E-state index contributed by atoms with van der Waals surface area (Å²) in [6.45, 7) is 2.80. The van der Waals surface area contributed by atoms with Crippen molar-refractivity contribution in [3.63, 3.8) is 0 Å². The number of carbonyl (C=O) groups excluding carboxylic acids is 1. The van der Waals surface area contributed by atoms with Crippen LogP contribution in [0.4, 0.5) is 0 Å². The van der Waals surface area contributed by atoms with E-state index in [2.05, 4.69) is 4.74 Å². The first kappa shape index (κ1) is 12.9. The number of aliphatic hydroxyl groups excluding tert-OH is 1. The van der Waals surface area contributed by atoms with Crippen molar-refractivity contribution in [1.29, 1.82) is 0 Å². The first-order valence-electron chi connectivity index (χ1n) is 3.85. The Morgan fingerprint density at radius 1 is 1.57 bits per heavy atom. The number of carbonyl (C=O) groups is 1. The van der Waals surface area contributed by atoms with E-state index in [1.807, 2.05) is 0 Å². The van der Waals surface area contributed by atoms with Crippen molar-refractivity contribution < 1.29 is 27.6 Å². The van der Waals surface area contributed by atoms with E-state index in [1.165, 1.54) is 13.8 Å². The van der Waals surface area contributed by atoms with Gasteiger partial charge >= 0.3 is 16.1 Å². The summed E-state index contributed by atoms with van der Waals surface area (Å²) in [6, 6.07) is 0. The van der Waals surface area contributed by atoms with Gasteiger partial charge in [0.25, 0.3) is 0 Å². The van der Waals surface area contributed by atoms with Crippen LogP contribution in [0.2, 0.25) is 0 Å². The van der Waals surface area contributed by atoms with E-state index in [4.69, 9.17) is 9.66 Å². The van der Waals surface area contributed by atoms with Crippen LogP contribution in [-0.2, 0) is 19.6 Å². The zero-order valence-electron chi connectivity index (χ0n) is 7.80. The molecule has 0 bridgehead atoms. The molecule has 2 N–H and O–H groups in total. The number of allylic oxidation sites excluding steroid dienone is 1. The topological polar surface area (TPSA) is 101 Å². The molecule has 0 spiro atoms. The highest BCUT2D eigenvalue weighted by Crippen LogP contribution is 2.08. The molecule has 0 aromatic rings. The predicted molar refractivity (Wildman–Crippen MR) is 48.1 cm³/mol. The zero-order valence-corrected chi connectivity index (χ0v) is 8.61. The molecule has 82 valence electrons. The van der Waals surface area contributed by atoms with E-state index in [1.54, 1.807) is 0 Å². The minimum absolute atomic E-state index is 0.0957. The van der Waals surface area contributed by atoms with Gasteiger partial charge in [0.2, 0.25) is 5.44 Å². The molecular formula is C7H12O6S. The Kier molecular flexibility index (Phi) is 4.58. The standard InChI is InChI=1S/C7H12O6S/c1-3-5(8)7(9)13-6(4-2)14(10,11)12/h3,6,8H,4H2,1-2H3,(H,10,11,12). The van der Waals surface area contributed by atoms with Crippen molar-refractivity contribution >= 4 is 16.1 Å². The summed E-state index contributed by atoms with van der Waals surface area (Å²) < 4.78 is 34.1. The number of hydrogen-bond donors (Lipinski definition) is 2. The third kappa shape index (κ3) is 3.75. The van der Waals surface area contributed by atoms with E-state index in [9.17, 15) is 13.2 Å². The minimum Gasteiger partial charge on any atom is -0.502 e. The molecular weight excluding hydrogens is 212 g/mol. The van der Waals surface area contributed by atoms with Crippen LogP contribution < -0.4 is 0 Å². The van der Waals surface area contributed by atoms with Gasteiger partial charge in [0, 0.05) is 0 Å². The second-order valence-electron chi connectivity index (χ2n) is 2.43. The highest BCUT2D eigenvalue weighted by molar-refractivity contribution is 7.86. The highest BCUT2D eigenvalue weighted by atomic mass is 32.2. The Morgan fingerprint density at radius 3 is 2.36 bits per heavy atom. The molecule has 0 aliphatic carbocycles. The zero-order chi connectivity index (χ0) is 11.4. The predicted octanol–water partition coefficient (Wildman–Crippen LogP) is 0.615. The van der Waals surface area contributed by atoms with Gasteiger partial charge in [-0.05, 0) is 19.4 Å². The second-order valence-corrected chi connectivity index (χ2v) is 3.99. The summed E-state index contributed by atoms with van der Waals surface area (Å²) in [4.78, 5) is 10.9. The lowest BCUT2D eigenvalue weighted by molar-refractivity contribution is -0.144. The van der Waals surface area contributed by atoms with Gasteiger partial charge in [-0.15, -0.1) is 0 Å². The molecule has 0 aromatic heterocycles. The number of ether oxygens (including phenoxy) is 1. The summed E-state index contributed by atoms with van der Waals surface area (Å²) in [7, 11) is -4.43. The molecule has 14 heavy (non-hydrogen) atoms. The summed E-state index contributed by atoms with van der Waals surface area (Å²) in [5.41, 5.74) is -1.64. The van der Waals surface area contributed by atoms with Gasteiger partial charge in [-0.3, -0.25) is 4.55 Å². The van der Waals surface area contributed by atoms with Gasteiger partial charge in [0.05, 0.1) is 0 Å². The third-order valence-corrected chi connectivity index (χ3v) is 2.48. The van der Waals surface area contributed by atoms with E-state index in [-0.39, 0.29) is 6.42 Å². The van der Waals surface area contributed by atoms with Crippen molar-refractivity contribution in [2.24, 2.45) is 0 Å². The smallest absolute Gasteiger partial charge is 0.374 e. The molecule has 0 aromatic carbocycles. The Hall–Kier alpha value is -1.08. The lowest BCUT2D eigenvalue weighted by Gasteiger charge is -2.11. The van der Waals surface area contributed by atoms with Gasteiger partial charge in [0.1, 0.15) is 0 Å². The maximum absolute atomic E-state index is 10.9. The van der Waals surface area contributed by atoms with Crippen LogP contribution in [0.15, 0.2) is 11.8 Å². The molecule has 0 fully saturated rings. The van der Waals surface area contributed by atoms with Crippen molar-refractivity contribution in [3.05, 3.63) is 11.8 Å². The van der Waals surface area contributed by atoms with Gasteiger partial charge in [0.15, 0.2) is 5.76 Å². The quantitative estimate of drug-likeness (QED) is 0.314. The normalized spacial score (nSPS) is 14.9. The molecule has 7 heteroatoms. The minimum atomic E-state index is -4.43. The maximum atomic E-state index is 10.9. The van der Waals surface area contributed by atoms with Crippen LogP contribution in [0.3, 0.4) is 0 Å². The molecule has 0 amide bonds. The molecule has 1 atom stereocenters. The Morgan fingerprint density at radius 2 is 2.07 bits per heavy atom.